The number of carbonyl (C=O) groups excluding carboxylic acids is 1. The monoisotopic (exact) mass is 318 g/mol. The van der Waals surface area contributed by atoms with E-state index in [9.17, 15) is 4.79 Å². The van der Waals surface area contributed by atoms with E-state index in [-0.39, 0.29) is 17.9 Å². The van der Waals surface area contributed by atoms with E-state index < -0.39 is 5.41 Å². The lowest BCUT2D eigenvalue weighted by molar-refractivity contribution is -0.124. The van der Waals surface area contributed by atoms with Crippen LogP contribution >= 0.6 is 15.9 Å². The molecular formula is C15H15BrN2O. The molecule has 0 saturated carbocycles. The van der Waals surface area contributed by atoms with E-state index >= 15 is 0 Å². The summed E-state index contributed by atoms with van der Waals surface area (Å²) in [4.78, 5) is 18.7. The average molecular weight is 319 g/mol. The Morgan fingerprint density at radius 3 is 2.89 bits per heavy atom. The highest BCUT2D eigenvalue weighted by molar-refractivity contribution is 9.11. The Morgan fingerprint density at radius 1 is 1.42 bits per heavy atom. The molecule has 2 unspecified atom stereocenters. The van der Waals surface area contributed by atoms with Crippen LogP contribution < -0.4 is 4.90 Å². The molecule has 0 N–H and O–H groups in total. The van der Waals surface area contributed by atoms with Gasteiger partial charge in [-0.1, -0.05) is 48.0 Å². The molecule has 0 radical (unpaired) electrons. The highest BCUT2D eigenvalue weighted by Crippen LogP contribution is 2.49. The summed E-state index contributed by atoms with van der Waals surface area (Å²) in [5.74, 6) is 0.303. The number of hydrogen-bond acceptors (Lipinski definition) is 2. The fourth-order valence-electron chi connectivity index (χ4n) is 3.01. The van der Waals surface area contributed by atoms with E-state index in [2.05, 4.69) is 27.0 Å². The van der Waals surface area contributed by atoms with Gasteiger partial charge in [0.15, 0.2) is 0 Å². The summed E-state index contributed by atoms with van der Waals surface area (Å²) in [7, 11) is 0. The lowest BCUT2D eigenvalue weighted by Crippen LogP contribution is -2.35. The molecule has 2 heterocycles. The van der Waals surface area contributed by atoms with E-state index in [1.54, 1.807) is 12.4 Å². The highest BCUT2D eigenvalue weighted by atomic mass is 79.9. The summed E-state index contributed by atoms with van der Waals surface area (Å²) in [5, 5.41) is 0. The first-order valence-corrected chi connectivity index (χ1v) is 7.10. The molecule has 1 aliphatic carbocycles. The summed E-state index contributed by atoms with van der Waals surface area (Å²) >= 11 is 3.61. The Balaban J connectivity index is 2.11. The zero-order valence-corrected chi connectivity index (χ0v) is 12.5. The van der Waals surface area contributed by atoms with E-state index in [0.29, 0.717) is 0 Å². The van der Waals surface area contributed by atoms with Crippen LogP contribution in [0, 0.1) is 11.3 Å². The molecule has 0 bridgehead atoms. The van der Waals surface area contributed by atoms with Gasteiger partial charge in [-0.25, -0.2) is 0 Å². The van der Waals surface area contributed by atoms with Crippen LogP contribution in [0.25, 0.3) is 0 Å². The Labute approximate surface area is 121 Å². The van der Waals surface area contributed by atoms with Crippen molar-refractivity contribution in [2.75, 3.05) is 4.90 Å². The smallest absolute Gasteiger partial charge is 0.233 e. The number of nitrogens with zero attached hydrogens (tertiary/aromatic N) is 2. The van der Waals surface area contributed by atoms with Crippen LogP contribution in [0.2, 0.25) is 0 Å². The molecule has 0 aromatic carbocycles. The lowest BCUT2D eigenvalue weighted by atomic mass is 9.77. The number of fused-ring (bicyclic) bond motifs is 1. The van der Waals surface area contributed by atoms with Crippen LogP contribution in [0.3, 0.4) is 0 Å². The van der Waals surface area contributed by atoms with Crippen LogP contribution in [0.5, 0.6) is 0 Å². The van der Waals surface area contributed by atoms with Crippen LogP contribution in [0.4, 0.5) is 5.69 Å². The number of rotatable bonds is 1. The molecular weight excluding hydrogens is 304 g/mol. The highest BCUT2D eigenvalue weighted by Gasteiger charge is 2.54. The molecule has 1 aromatic heterocycles. The van der Waals surface area contributed by atoms with E-state index in [4.69, 9.17) is 0 Å². The summed E-state index contributed by atoms with van der Waals surface area (Å²) in [6.45, 7) is 4.02. The fraction of sp³-hybridized carbons (Fsp3) is 0.333. The molecule has 1 fully saturated rings. The predicted molar refractivity (Wildman–Crippen MR) is 78.9 cm³/mol. The molecule has 1 saturated heterocycles. The minimum absolute atomic E-state index is 0.0612. The maximum atomic E-state index is 12.8. The predicted octanol–water partition coefficient (Wildman–Crippen LogP) is 3.29. The Morgan fingerprint density at radius 2 is 2.21 bits per heavy atom. The minimum atomic E-state index is -0.416. The molecule has 98 valence electrons. The average Bonchev–Trinajstić information content (AvgIpc) is 2.60. The molecule has 1 amide bonds. The second-order valence-electron chi connectivity index (χ2n) is 5.51. The SMILES string of the molecule is CC1(C)C(=O)N(c2cccnc2)C2C=CC=C(Br)C21. The molecule has 3 rings (SSSR count). The van der Waals surface area contributed by atoms with Crippen LogP contribution in [-0.4, -0.2) is 16.9 Å². The van der Waals surface area contributed by atoms with Gasteiger partial charge in [-0.3, -0.25) is 9.78 Å². The van der Waals surface area contributed by atoms with Gasteiger partial charge in [0.2, 0.25) is 5.91 Å². The Kier molecular flexibility index (Phi) is 2.86. The molecule has 2 aliphatic rings. The van der Waals surface area contributed by atoms with Gasteiger partial charge in [-0.05, 0) is 12.1 Å². The number of hydrogen-bond donors (Lipinski definition) is 0. The first-order valence-electron chi connectivity index (χ1n) is 6.31. The maximum Gasteiger partial charge on any atom is 0.233 e. The van der Waals surface area contributed by atoms with Gasteiger partial charge in [-0.2, -0.15) is 0 Å². The zero-order chi connectivity index (χ0) is 13.6. The maximum absolute atomic E-state index is 12.8. The standard InChI is InChI=1S/C15H15BrN2O/c1-15(2)13-11(16)6-3-7-12(13)18(14(15)19)10-5-4-8-17-9-10/h3-9,12-13H,1-2H3. The summed E-state index contributed by atoms with van der Waals surface area (Å²) in [6, 6.07) is 3.86. The largest absolute Gasteiger partial charge is 0.303 e. The molecule has 4 heteroatoms. The summed E-state index contributed by atoms with van der Waals surface area (Å²) in [6.07, 6.45) is 9.59. The Bertz CT molecular complexity index is 577. The minimum Gasteiger partial charge on any atom is -0.303 e. The van der Waals surface area contributed by atoms with Crippen LogP contribution in [-0.2, 0) is 4.79 Å². The van der Waals surface area contributed by atoms with Crippen molar-refractivity contribution in [3.8, 4) is 0 Å². The van der Waals surface area contributed by atoms with Crippen LogP contribution in [0.1, 0.15) is 13.8 Å². The number of amides is 1. The second-order valence-corrected chi connectivity index (χ2v) is 6.43. The number of anilines is 1. The number of aromatic nitrogens is 1. The van der Waals surface area contributed by atoms with Crippen molar-refractivity contribution in [2.45, 2.75) is 19.9 Å². The zero-order valence-electron chi connectivity index (χ0n) is 10.9. The molecule has 3 nitrogen and oxygen atoms in total. The third kappa shape index (κ3) is 1.77. The number of carbonyl (C=O) groups is 1. The molecule has 0 spiro atoms. The van der Waals surface area contributed by atoms with Gasteiger partial charge < -0.3 is 4.90 Å². The summed E-state index contributed by atoms with van der Waals surface area (Å²) in [5.41, 5.74) is 0.445. The van der Waals surface area contributed by atoms with Gasteiger partial charge >= 0.3 is 0 Å². The third-order valence-corrected chi connectivity index (χ3v) is 4.73. The van der Waals surface area contributed by atoms with Gasteiger partial charge in [0, 0.05) is 16.6 Å². The van der Waals surface area contributed by atoms with Crippen molar-refractivity contribution in [1.29, 1.82) is 0 Å². The van der Waals surface area contributed by atoms with Crippen molar-refractivity contribution in [2.24, 2.45) is 11.3 Å². The van der Waals surface area contributed by atoms with E-state index in [1.807, 2.05) is 43.0 Å². The first-order chi connectivity index (χ1) is 9.03. The summed E-state index contributed by atoms with van der Waals surface area (Å²) < 4.78 is 1.09. The molecule has 19 heavy (non-hydrogen) atoms. The second kappa shape index (κ2) is 4.30. The number of halogens is 1. The topological polar surface area (TPSA) is 33.2 Å². The third-order valence-electron chi connectivity index (χ3n) is 3.97. The van der Waals surface area contributed by atoms with Crippen LogP contribution in [0.15, 0.2) is 47.2 Å². The van der Waals surface area contributed by atoms with Gasteiger partial charge in [-0.15, -0.1) is 0 Å². The van der Waals surface area contributed by atoms with E-state index in [1.165, 1.54) is 0 Å². The number of allylic oxidation sites excluding steroid dienone is 2. The number of pyridine rings is 1. The van der Waals surface area contributed by atoms with Crippen molar-refractivity contribution < 1.29 is 4.79 Å². The van der Waals surface area contributed by atoms with Gasteiger partial charge in [0.25, 0.3) is 0 Å². The van der Waals surface area contributed by atoms with Crippen molar-refractivity contribution in [3.05, 3.63) is 47.2 Å². The van der Waals surface area contributed by atoms with E-state index in [0.717, 1.165) is 10.2 Å². The quantitative estimate of drug-likeness (QED) is 0.796. The fourth-order valence-corrected chi connectivity index (χ4v) is 4.01. The first kappa shape index (κ1) is 12.6. The van der Waals surface area contributed by atoms with Crippen molar-refractivity contribution in [3.63, 3.8) is 0 Å². The van der Waals surface area contributed by atoms with Crippen molar-refractivity contribution >= 4 is 27.5 Å². The van der Waals surface area contributed by atoms with Gasteiger partial charge in [0.05, 0.1) is 23.3 Å². The Hall–Kier alpha value is -1.42. The van der Waals surface area contributed by atoms with Crippen molar-refractivity contribution in [1.82, 2.24) is 4.98 Å². The normalized spacial score (nSPS) is 28.3. The molecule has 1 aromatic rings. The molecule has 2 atom stereocenters. The van der Waals surface area contributed by atoms with Gasteiger partial charge in [0.1, 0.15) is 0 Å². The lowest BCUT2D eigenvalue weighted by Gasteiger charge is -2.29. The molecule has 1 aliphatic heterocycles.